The molecule has 0 heterocycles. The van der Waals surface area contributed by atoms with E-state index in [0.717, 1.165) is 21.3 Å². The molecule has 0 saturated carbocycles. The fraction of sp³-hybridized carbons (Fsp3) is 0.133. The molecule has 2 aromatic carbocycles. The molecule has 0 amide bonds. The van der Waals surface area contributed by atoms with Gasteiger partial charge < -0.3 is 5.32 Å². The minimum absolute atomic E-state index is 0.254. The average molecular weight is 319 g/mol. The molecule has 0 fully saturated rings. The molecule has 0 saturated heterocycles. The minimum Gasteiger partial charge on any atom is -0.381 e. The highest BCUT2D eigenvalue weighted by molar-refractivity contribution is 9.10. The molecule has 0 unspecified atom stereocenters. The summed E-state index contributed by atoms with van der Waals surface area (Å²) in [5, 5.41) is 12.1. The Labute approximate surface area is 120 Å². The van der Waals surface area contributed by atoms with Gasteiger partial charge in [-0.2, -0.15) is 5.26 Å². The van der Waals surface area contributed by atoms with E-state index in [0.29, 0.717) is 12.1 Å². The molecule has 4 heteroatoms. The third-order valence-electron chi connectivity index (χ3n) is 2.84. The van der Waals surface area contributed by atoms with Gasteiger partial charge in [0.15, 0.2) is 0 Å². The number of anilines is 1. The molecule has 2 aromatic rings. The molecule has 0 atom stereocenters. The molecule has 0 bridgehead atoms. The summed E-state index contributed by atoms with van der Waals surface area (Å²) in [7, 11) is 0. The molecule has 2 rings (SSSR count). The Morgan fingerprint density at radius 3 is 2.74 bits per heavy atom. The van der Waals surface area contributed by atoms with E-state index in [1.54, 1.807) is 12.1 Å². The Hall–Kier alpha value is -1.86. The maximum absolute atomic E-state index is 13.2. The van der Waals surface area contributed by atoms with Gasteiger partial charge in [-0.3, -0.25) is 0 Å². The van der Waals surface area contributed by atoms with Crippen LogP contribution in [0.2, 0.25) is 0 Å². The van der Waals surface area contributed by atoms with Gasteiger partial charge in [0.25, 0.3) is 0 Å². The van der Waals surface area contributed by atoms with Gasteiger partial charge in [-0.1, -0.05) is 15.9 Å². The predicted octanol–water partition coefficient (Wildman–Crippen LogP) is 4.38. The largest absolute Gasteiger partial charge is 0.381 e. The van der Waals surface area contributed by atoms with Crippen LogP contribution in [0.25, 0.3) is 0 Å². The smallest absolute Gasteiger partial charge is 0.123 e. The van der Waals surface area contributed by atoms with Crippen LogP contribution in [0.3, 0.4) is 0 Å². The van der Waals surface area contributed by atoms with Crippen molar-refractivity contribution >= 4 is 21.6 Å². The van der Waals surface area contributed by atoms with Crippen LogP contribution in [0, 0.1) is 24.1 Å². The minimum atomic E-state index is -0.254. The van der Waals surface area contributed by atoms with Crippen LogP contribution in [-0.4, -0.2) is 0 Å². The Morgan fingerprint density at radius 2 is 2.05 bits per heavy atom. The topological polar surface area (TPSA) is 35.8 Å². The van der Waals surface area contributed by atoms with E-state index in [1.807, 2.05) is 19.1 Å². The van der Waals surface area contributed by atoms with Gasteiger partial charge in [0.2, 0.25) is 0 Å². The van der Waals surface area contributed by atoms with Gasteiger partial charge in [-0.05, 0) is 54.4 Å². The first-order valence-electron chi connectivity index (χ1n) is 5.78. The van der Waals surface area contributed by atoms with Crippen molar-refractivity contribution in [3.63, 3.8) is 0 Å². The number of nitrogens with zero attached hydrogens (tertiary/aromatic N) is 1. The second-order valence-electron chi connectivity index (χ2n) is 4.23. The Kier molecular flexibility index (Phi) is 4.18. The van der Waals surface area contributed by atoms with E-state index in [2.05, 4.69) is 27.3 Å². The van der Waals surface area contributed by atoms with Gasteiger partial charge in [0.05, 0.1) is 11.6 Å². The van der Waals surface area contributed by atoms with E-state index < -0.39 is 0 Å². The number of nitrogens with one attached hydrogen (secondary N) is 1. The second-order valence-corrected chi connectivity index (χ2v) is 5.09. The first kappa shape index (κ1) is 13.6. The molecule has 0 aliphatic carbocycles. The fourth-order valence-electron chi connectivity index (χ4n) is 1.78. The maximum atomic E-state index is 13.2. The zero-order valence-corrected chi connectivity index (χ0v) is 12.0. The summed E-state index contributed by atoms with van der Waals surface area (Å²) < 4.78 is 14.0. The molecule has 19 heavy (non-hydrogen) atoms. The molecule has 0 aliphatic rings. The summed E-state index contributed by atoms with van der Waals surface area (Å²) >= 11 is 3.39. The Balaban J connectivity index is 2.13. The van der Waals surface area contributed by atoms with E-state index in [9.17, 15) is 4.39 Å². The number of benzene rings is 2. The summed E-state index contributed by atoms with van der Waals surface area (Å²) in [4.78, 5) is 0. The molecule has 2 nitrogen and oxygen atoms in total. The Bertz CT molecular complexity index is 647. The summed E-state index contributed by atoms with van der Waals surface area (Å²) in [5.41, 5.74) is 3.35. The van der Waals surface area contributed by atoms with Crippen molar-refractivity contribution in [3.05, 3.63) is 63.4 Å². The lowest BCUT2D eigenvalue weighted by molar-refractivity contribution is 0.625. The second kappa shape index (κ2) is 5.85. The molecule has 0 radical (unpaired) electrons. The van der Waals surface area contributed by atoms with Crippen molar-refractivity contribution in [3.8, 4) is 6.07 Å². The van der Waals surface area contributed by atoms with Gasteiger partial charge in [-0.15, -0.1) is 0 Å². The quantitative estimate of drug-likeness (QED) is 0.911. The lowest BCUT2D eigenvalue weighted by atomic mass is 10.1. The summed E-state index contributed by atoms with van der Waals surface area (Å²) in [6, 6.07) is 12.3. The van der Waals surface area contributed by atoms with Gasteiger partial charge in [0.1, 0.15) is 5.82 Å². The van der Waals surface area contributed by atoms with Gasteiger partial charge in [0, 0.05) is 16.7 Å². The van der Waals surface area contributed by atoms with Crippen molar-refractivity contribution in [2.45, 2.75) is 13.5 Å². The van der Waals surface area contributed by atoms with Gasteiger partial charge in [-0.25, -0.2) is 4.39 Å². The van der Waals surface area contributed by atoms with E-state index in [1.165, 1.54) is 12.1 Å². The lowest BCUT2D eigenvalue weighted by Gasteiger charge is -2.09. The number of aryl methyl sites for hydroxylation is 1. The molecule has 96 valence electrons. The number of nitriles is 1. The number of hydrogen-bond acceptors (Lipinski definition) is 2. The summed E-state index contributed by atoms with van der Waals surface area (Å²) in [6.07, 6.45) is 0. The third-order valence-corrected chi connectivity index (χ3v) is 3.61. The molecule has 0 aromatic heterocycles. The van der Waals surface area contributed by atoms with Crippen LogP contribution in [0.15, 0.2) is 40.9 Å². The van der Waals surface area contributed by atoms with Crippen LogP contribution in [0.5, 0.6) is 0 Å². The van der Waals surface area contributed by atoms with Crippen molar-refractivity contribution in [1.29, 1.82) is 5.26 Å². The normalized spacial score (nSPS) is 10.0. The number of hydrogen-bond donors (Lipinski definition) is 1. The molecular weight excluding hydrogens is 307 g/mol. The highest BCUT2D eigenvalue weighted by Gasteiger charge is 2.03. The zero-order chi connectivity index (χ0) is 13.8. The summed E-state index contributed by atoms with van der Waals surface area (Å²) in [6.45, 7) is 2.41. The molecule has 0 spiro atoms. The molecular formula is C15H12BrFN2. The standard InChI is InChI=1S/C15H12BrFN2/c1-10-6-14(4-2-11(10)8-18)19-9-12-7-13(17)3-5-15(12)16/h2-7,19H,9H2,1H3. The van der Waals surface area contributed by atoms with Crippen LogP contribution >= 0.6 is 15.9 Å². The van der Waals surface area contributed by atoms with E-state index >= 15 is 0 Å². The van der Waals surface area contributed by atoms with Crippen molar-refractivity contribution in [1.82, 2.24) is 0 Å². The highest BCUT2D eigenvalue weighted by atomic mass is 79.9. The van der Waals surface area contributed by atoms with E-state index in [-0.39, 0.29) is 5.82 Å². The van der Waals surface area contributed by atoms with Crippen molar-refractivity contribution in [2.24, 2.45) is 0 Å². The first-order valence-corrected chi connectivity index (χ1v) is 6.58. The van der Waals surface area contributed by atoms with Crippen LogP contribution < -0.4 is 5.32 Å². The monoisotopic (exact) mass is 318 g/mol. The zero-order valence-electron chi connectivity index (χ0n) is 10.4. The average Bonchev–Trinajstić information content (AvgIpc) is 2.40. The third kappa shape index (κ3) is 3.33. The first-order chi connectivity index (χ1) is 9.10. The fourth-order valence-corrected chi connectivity index (χ4v) is 2.16. The van der Waals surface area contributed by atoms with Crippen LogP contribution in [-0.2, 0) is 6.54 Å². The lowest BCUT2D eigenvalue weighted by Crippen LogP contribution is -2.01. The highest BCUT2D eigenvalue weighted by Crippen LogP contribution is 2.20. The van der Waals surface area contributed by atoms with Crippen LogP contribution in [0.1, 0.15) is 16.7 Å². The molecule has 1 N–H and O–H groups in total. The van der Waals surface area contributed by atoms with Gasteiger partial charge >= 0.3 is 0 Å². The summed E-state index contributed by atoms with van der Waals surface area (Å²) in [5.74, 6) is -0.254. The van der Waals surface area contributed by atoms with E-state index in [4.69, 9.17) is 5.26 Å². The SMILES string of the molecule is Cc1cc(NCc2cc(F)ccc2Br)ccc1C#N. The van der Waals surface area contributed by atoms with Crippen molar-refractivity contribution in [2.75, 3.05) is 5.32 Å². The maximum Gasteiger partial charge on any atom is 0.123 e. The number of rotatable bonds is 3. The number of halogens is 2. The van der Waals surface area contributed by atoms with Crippen molar-refractivity contribution < 1.29 is 4.39 Å². The van der Waals surface area contributed by atoms with Crippen LogP contribution in [0.4, 0.5) is 10.1 Å². The molecule has 0 aliphatic heterocycles. The predicted molar refractivity (Wildman–Crippen MR) is 77.3 cm³/mol. The Morgan fingerprint density at radius 1 is 1.26 bits per heavy atom.